The van der Waals surface area contributed by atoms with Crippen LogP contribution in [0.25, 0.3) is 5.69 Å². The molecule has 7 nitrogen and oxygen atoms in total. The largest absolute Gasteiger partial charge is 0.306 e. The smallest absolute Gasteiger partial charge is 0.256 e. The highest BCUT2D eigenvalue weighted by Gasteiger charge is 2.29. The number of hydrogen-bond acceptors (Lipinski definition) is 4. The Balaban J connectivity index is 1.51. The molecule has 0 unspecified atom stereocenters. The first-order chi connectivity index (χ1) is 15.4. The quantitative estimate of drug-likeness (QED) is 0.601. The summed E-state index contributed by atoms with van der Waals surface area (Å²) in [5, 5.41) is 7.34. The van der Waals surface area contributed by atoms with Crippen molar-refractivity contribution in [2.45, 2.75) is 50.0 Å². The van der Waals surface area contributed by atoms with Gasteiger partial charge in [-0.15, -0.1) is 0 Å². The number of hydrogen-bond donors (Lipinski definition) is 1. The fraction of sp³-hybridized carbons (Fsp3) is 0.333. The van der Waals surface area contributed by atoms with Gasteiger partial charge in [0.25, 0.3) is 5.91 Å². The van der Waals surface area contributed by atoms with Crippen LogP contribution in [0.3, 0.4) is 0 Å². The predicted molar refractivity (Wildman–Crippen MR) is 125 cm³/mol. The highest BCUT2D eigenvalue weighted by atomic mass is 32.2. The van der Waals surface area contributed by atoms with E-state index in [1.54, 1.807) is 29.9 Å². The van der Waals surface area contributed by atoms with Crippen LogP contribution in [-0.4, -0.2) is 41.5 Å². The lowest BCUT2D eigenvalue weighted by molar-refractivity contribution is 0.102. The second-order valence-corrected chi connectivity index (χ2v) is 10.2. The molecule has 0 atom stereocenters. The minimum Gasteiger partial charge on any atom is -0.306 e. The van der Waals surface area contributed by atoms with Crippen molar-refractivity contribution in [2.75, 3.05) is 12.4 Å². The Bertz CT molecular complexity index is 1180. The van der Waals surface area contributed by atoms with Crippen LogP contribution >= 0.6 is 0 Å². The van der Waals surface area contributed by atoms with Crippen molar-refractivity contribution >= 4 is 21.7 Å². The van der Waals surface area contributed by atoms with E-state index in [2.05, 4.69) is 10.4 Å². The first-order valence-electron chi connectivity index (χ1n) is 10.9. The standard InChI is InChI=1S/C24H28N4O3S/c1-18-17-23(28(26-18)21-11-7-4-8-12-21)25-24(29)19-13-15-22(16-14-19)32(30,31)27(2)20-9-5-3-6-10-20/h4,7-8,11-17,20H,3,5-6,9-10H2,1-2H3,(H,25,29). The van der Waals surface area contributed by atoms with E-state index in [-0.39, 0.29) is 16.8 Å². The summed E-state index contributed by atoms with van der Waals surface area (Å²) in [6.07, 6.45) is 5.07. The van der Waals surface area contributed by atoms with Crippen LogP contribution in [0.5, 0.6) is 0 Å². The summed E-state index contributed by atoms with van der Waals surface area (Å²) in [7, 11) is -1.94. The lowest BCUT2D eigenvalue weighted by Crippen LogP contribution is -2.38. The number of carbonyl (C=O) groups is 1. The molecule has 32 heavy (non-hydrogen) atoms. The molecule has 1 aliphatic carbocycles. The first kappa shape index (κ1) is 22.2. The van der Waals surface area contributed by atoms with E-state index in [9.17, 15) is 13.2 Å². The molecular formula is C24H28N4O3S. The van der Waals surface area contributed by atoms with Crippen molar-refractivity contribution in [2.24, 2.45) is 0 Å². The molecule has 0 aliphatic heterocycles. The van der Waals surface area contributed by atoms with Gasteiger partial charge in [-0.05, 0) is 56.2 Å². The van der Waals surface area contributed by atoms with Gasteiger partial charge in [-0.3, -0.25) is 4.79 Å². The number of aromatic nitrogens is 2. The SMILES string of the molecule is Cc1cc(NC(=O)c2ccc(S(=O)(=O)N(C)C3CCCCC3)cc2)n(-c2ccccc2)n1. The number of carbonyl (C=O) groups excluding carboxylic acids is 1. The van der Waals surface area contributed by atoms with Crippen molar-refractivity contribution in [3.63, 3.8) is 0 Å². The molecule has 4 rings (SSSR count). The molecule has 0 bridgehead atoms. The van der Waals surface area contributed by atoms with Crippen LogP contribution < -0.4 is 5.32 Å². The van der Waals surface area contributed by atoms with Gasteiger partial charge in [-0.2, -0.15) is 9.40 Å². The van der Waals surface area contributed by atoms with Crippen LogP contribution in [0.2, 0.25) is 0 Å². The van der Waals surface area contributed by atoms with Gasteiger partial charge in [0.2, 0.25) is 10.0 Å². The molecule has 0 spiro atoms. The van der Waals surface area contributed by atoms with Crippen molar-refractivity contribution in [1.29, 1.82) is 0 Å². The minimum absolute atomic E-state index is 0.0400. The normalized spacial score (nSPS) is 15.1. The highest BCUT2D eigenvalue weighted by Crippen LogP contribution is 2.26. The molecular weight excluding hydrogens is 424 g/mol. The van der Waals surface area contributed by atoms with Crippen LogP contribution in [-0.2, 0) is 10.0 Å². The topological polar surface area (TPSA) is 84.3 Å². The molecule has 1 aliphatic rings. The zero-order valence-corrected chi connectivity index (χ0v) is 19.2. The van der Waals surface area contributed by atoms with Crippen LogP contribution in [0.4, 0.5) is 5.82 Å². The number of aryl methyl sites for hydroxylation is 1. The average Bonchev–Trinajstić information content (AvgIpc) is 3.19. The Kier molecular flexibility index (Phi) is 6.43. The fourth-order valence-electron chi connectivity index (χ4n) is 4.13. The average molecular weight is 453 g/mol. The number of benzene rings is 2. The van der Waals surface area contributed by atoms with Crippen molar-refractivity contribution < 1.29 is 13.2 Å². The first-order valence-corrected chi connectivity index (χ1v) is 12.3. The van der Waals surface area contributed by atoms with E-state index in [0.29, 0.717) is 11.4 Å². The third kappa shape index (κ3) is 4.61. The molecule has 3 aromatic rings. The van der Waals surface area contributed by atoms with Gasteiger partial charge in [0.05, 0.1) is 16.3 Å². The van der Waals surface area contributed by atoms with Gasteiger partial charge in [0, 0.05) is 24.7 Å². The molecule has 0 saturated heterocycles. The van der Waals surface area contributed by atoms with Crippen LogP contribution in [0, 0.1) is 6.92 Å². The van der Waals surface area contributed by atoms with Gasteiger partial charge >= 0.3 is 0 Å². The maximum Gasteiger partial charge on any atom is 0.256 e. The van der Waals surface area contributed by atoms with E-state index in [1.807, 2.05) is 37.3 Å². The van der Waals surface area contributed by atoms with Crippen LogP contribution in [0.1, 0.15) is 48.2 Å². The van der Waals surface area contributed by atoms with Gasteiger partial charge < -0.3 is 5.32 Å². The number of sulfonamides is 1. The lowest BCUT2D eigenvalue weighted by atomic mass is 9.96. The summed E-state index contributed by atoms with van der Waals surface area (Å²) < 4.78 is 29.2. The highest BCUT2D eigenvalue weighted by molar-refractivity contribution is 7.89. The van der Waals surface area contributed by atoms with E-state index in [4.69, 9.17) is 0 Å². The summed E-state index contributed by atoms with van der Waals surface area (Å²) in [6, 6.07) is 17.5. The van der Waals surface area contributed by atoms with Gasteiger partial charge in [0.1, 0.15) is 5.82 Å². The summed E-state index contributed by atoms with van der Waals surface area (Å²) in [5.41, 5.74) is 1.99. The Morgan fingerprint density at radius 3 is 2.34 bits per heavy atom. The van der Waals surface area contributed by atoms with E-state index >= 15 is 0 Å². The summed E-state index contributed by atoms with van der Waals surface area (Å²) in [5.74, 6) is 0.221. The molecule has 1 aromatic heterocycles. The zero-order valence-electron chi connectivity index (χ0n) is 18.4. The molecule has 1 amide bonds. The molecule has 0 radical (unpaired) electrons. The Labute approximate surface area is 189 Å². The molecule has 1 heterocycles. The zero-order chi connectivity index (χ0) is 22.7. The molecule has 1 N–H and O–H groups in total. The number of nitrogens with one attached hydrogen (secondary N) is 1. The van der Waals surface area contributed by atoms with Gasteiger partial charge in [-0.1, -0.05) is 37.5 Å². The van der Waals surface area contributed by atoms with Gasteiger partial charge in [0.15, 0.2) is 0 Å². The third-order valence-corrected chi connectivity index (χ3v) is 7.88. The molecule has 1 fully saturated rings. The number of anilines is 1. The summed E-state index contributed by atoms with van der Waals surface area (Å²) in [4.78, 5) is 13.0. The predicted octanol–water partition coefficient (Wildman–Crippen LogP) is 4.39. The molecule has 2 aromatic carbocycles. The number of nitrogens with zero attached hydrogens (tertiary/aromatic N) is 3. The van der Waals surface area contributed by atoms with Crippen molar-refractivity contribution in [3.05, 3.63) is 71.9 Å². The number of amides is 1. The number of para-hydroxylation sites is 1. The second-order valence-electron chi connectivity index (χ2n) is 8.21. The van der Waals surface area contributed by atoms with E-state index in [1.165, 1.54) is 16.4 Å². The molecule has 8 heteroatoms. The minimum atomic E-state index is -3.59. The fourth-order valence-corrected chi connectivity index (χ4v) is 5.54. The Hall–Kier alpha value is -2.97. The lowest BCUT2D eigenvalue weighted by Gasteiger charge is -2.30. The van der Waals surface area contributed by atoms with E-state index in [0.717, 1.165) is 43.5 Å². The maximum atomic E-state index is 13.0. The maximum absolute atomic E-state index is 13.0. The van der Waals surface area contributed by atoms with Gasteiger partial charge in [-0.25, -0.2) is 13.1 Å². The summed E-state index contributed by atoms with van der Waals surface area (Å²) in [6.45, 7) is 1.86. The van der Waals surface area contributed by atoms with Crippen molar-refractivity contribution in [3.8, 4) is 5.69 Å². The second kappa shape index (κ2) is 9.26. The van der Waals surface area contributed by atoms with Crippen LogP contribution in [0.15, 0.2) is 65.6 Å². The molecule has 1 saturated carbocycles. The van der Waals surface area contributed by atoms with E-state index < -0.39 is 10.0 Å². The third-order valence-electron chi connectivity index (χ3n) is 5.96. The van der Waals surface area contributed by atoms with Crippen molar-refractivity contribution in [1.82, 2.24) is 14.1 Å². The summed E-state index contributed by atoms with van der Waals surface area (Å²) >= 11 is 0. The molecule has 168 valence electrons. The Morgan fingerprint density at radius 2 is 1.69 bits per heavy atom. The number of rotatable bonds is 6. The monoisotopic (exact) mass is 452 g/mol. The Morgan fingerprint density at radius 1 is 1.03 bits per heavy atom.